The Bertz CT molecular complexity index is 139. The van der Waals surface area contributed by atoms with Gasteiger partial charge in [-0.25, -0.2) is 10.9 Å². The summed E-state index contributed by atoms with van der Waals surface area (Å²) >= 11 is 0. The second-order valence-electron chi connectivity index (χ2n) is 4.48. The summed E-state index contributed by atoms with van der Waals surface area (Å²) in [6, 6.07) is 0.620. The molecule has 0 aromatic carbocycles. The highest BCUT2D eigenvalue weighted by molar-refractivity contribution is 4.80. The first-order valence-corrected chi connectivity index (χ1v) is 4.84. The van der Waals surface area contributed by atoms with Gasteiger partial charge in [-0.05, 0) is 27.2 Å². The van der Waals surface area contributed by atoms with Gasteiger partial charge in [-0.1, -0.05) is 13.3 Å². The molecule has 1 saturated heterocycles. The van der Waals surface area contributed by atoms with Gasteiger partial charge >= 0.3 is 0 Å². The fourth-order valence-corrected chi connectivity index (χ4v) is 1.42. The number of hydrazine groups is 2. The van der Waals surface area contributed by atoms with E-state index in [0.29, 0.717) is 6.04 Å². The summed E-state index contributed by atoms with van der Waals surface area (Å²) in [7, 11) is 0. The lowest BCUT2D eigenvalue weighted by Gasteiger charge is -2.31. The van der Waals surface area contributed by atoms with Gasteiger partial charge in [0.1, 0.15) is 0 Å². The summed E-state index contributed by atoms with van der Waals surface area (Å²) in [6.07, 6.45) is 2.50. The van der Waals surface area contributed by atoms with Crippen LogP contribution in [0.1, 0.15) is 40.5 Å². The van der Waals surface area contributed by atoms with Crippen molar-refractivity contribution in [2.45, 2.75) is 52.1 Å². The normalized spacial score (nSPS) is 26.5. The highest BCUT2D eigenvalue weighted by atomic mass is 15.8. The van der Waals surface area contributed by atoms with E-state index in [4.69, 9.17) is 0 Å². The van der Waals surface area contributed by atoms with Crippen LogP contribution in [-0.4, -0.2) is 23.2 Å². The second-order valence-corrected chi connectivity index (χ2v) is 4.48. The summed E-state index contributed by atoms with van der Waals surface area (Å²) in [4.78, 5) is 0. The summed E-state index contributed by atoms with van der Waals surface area (Å²) in [5.41, 5.74) is 6.98. The number of hydrogen-bond donors (Lipinski definition) is 2. The zero-order valence-electron chi connectivity index (χ0n) is 8.65. The number of hydrogen-bond acceptors (Lipinski definition) is 3. The minimum absolute atomic E-state index is 0.169. The van der Waals surface area contributed by atoms with Gasteiger partial charge in [0.25, 0.3) is 0 Å². The predicted octanol–water partition coefficient (Wildman–Crippen LogP) is 1.28. The van der Waals surface area contributed by atoms with E-state index in [9.17, 15) is 0 Å². The maximum absolute atomic E-state index is 3.45. The highest BCUT2D eigenvalue weighted by Gasteiger charge is 2.28. The molecule has 0 bridgehead atoms. The van der Waals surface area contributed by atoms with E-state index in [1.165, 1.54) is 12.8 Å². The molecule has 0 aromatic rings. The summed E-state index contributed by atoms with van der Waals surface area (Å²) in [6.45, 7) is 9.87. The van der Waals surface area contributed by atoms with Crippen LogP contribution in [0.25, 0.3) is 0 Å². The van der Waals surface area contributed by atoms with Crippen LogP contribution in [0.2, 0.25) is 0 Å². The molecule has 0 aromatic heterocycles. The molecule has 3 heteroatoms. The van der Waals surface area contributed by atoms with Gasteiger partial charge in [0, 0.05) is 18.1 Å². The first kappa shape index (κ1) is 9.96. The molecule has 0 radical (unpaired) electrons. The van der Waals surface area contributed by atoms with Crippen LogP contribution in [0.3, 0.4) is 0 Å². The molecule has 1 unspecified atom stereocenters. The van der Waals surface area contributed by atoms with Crippen LogP contribution in [0.15, 0.2) is 0 Å². The smallest absolute Gasteiger partial charge is 0.0425 e. The van der Waals surface area contributed by atoms with Crippen molar-refractivity contribution in [1.82, 2.24) is 16.0 Å². The molecule has 2 N–H and O–H groups in total. The molecule has 1 heterocycles. The van der Waals surface area contributed by atoms with E-state index in [0.717, 1.165) is 6.54 Å². The third-order valence-electron chi connectivity index (χ3n) is 2.12. The van der Waals surface area contributed by atoms with Crippen molar-refractivity contribution in [3.63, 3.8) is 0 Å². The Hall–Kier alpha value is -0.120. The Kier molecular flexibility index (Phi) is 3.09. The lowest BCUT2D eigenvalue weighted by atomic mass is 10.1. The molecular formula is C9H21N3. The van der Waals surface area contributed by atoms with E-state index in [-0.39, 0.29) is 5.54 Å². The minimum atomic E-state index is 0.169. The Morgan fingerprint density at radius 2 is 2.08 bits per heavy atom. The van der Waals surface area contributed by atoms with Crippen LogP contribution in [0, 0.1) is 0 Å². The molecule has 0 spiro atoms. The Morgan fingerprint density at radius 3 is 2.50 bits per heavy atom. The molecule has 1 aliphatic heterocycles. The van der Waals surface area contributed by atoms with Crippen LogP contribution in [-0.2, 0) is 0 Å². The number of nitrogens with one attached hydrogen (secondary N) is 2. The van der Waals surface area contributed by atoms with Crippen LogP contribution in [0.5, 0.6) is 0 Å². The average molecular weight is 171 g/mol. The van der Waals surface area contributed by atoms with Crippen LogP contribution < -0.4 is 10.9 Å². The largest absolute Gasteiger partial charge is 0.239 e. The van der Waals surface area contributed by atoms with Crippen molar-refractivity contribution in [3.05, 3.63) is 0 Å². The molecule has 3 nitrogen and oxygen atoms in total. The van der Waals surface area contributed by atoms with Crippen molar-refractivity contribution in [2.24, 2.45) is 0 Å². The zero-order chi connectivity index (χ0) is 9.19. The monoisotopic (exact) mass is 171 g/mol. The fraction of sp³-hybridized carbons (Fsp3) is 1.00. The average Bonchev–Trinajstić information content (AvgIpc) is 2.35. The standard InChI is InChI=1S/C9H21N3/c1-5-6-8-7-10-12(11-8)9(2,3)4/h8,10-11H,5-7H2,1-4H3. The minimum Gasteiger partial charge on any atom is -0.239 e. The summed E-state index contributed by atoms with van der Waals surface area (Å²) < 4.78 is 0. The lowest BCUT2D eigenvalue weighted by molar-refractivity contribution is 0.0544. The Labute approximate surface area is 75.5 Å². The summed E-state index contributed by atoms with van der Waals surface area (Å²) in [5, 5.41) is 2.12. The van der Waals surface area contributed by atoms with E-state index < -0.39 is 0 Å². The van der Waals surface area contributed by atoms with Gasteiger partial charge in [-0.2, -0.15) is 5.12 Å². The second kappa shape index (κ2) is 3.73. The van der Waals surface area contributed by atoms with Crippen molar-refractivity contribution in [3.8, 4) is 0 Å². The molecule has 0 saturated carbocycles. The van der Waals surface area contributed by atoms with Gasteiger partial charge in [-0.15, -0.1) is 0 Å². The van der Waals surface area contributed by atoms with Crippen molar-refractivity contribution < 1.29 is 0 Å². The number of nitrogens with zero attached hydrogens (tertiary/aromatic N) is 1. The molecule has 12 heavy (non-hydrogen) atoms. The van der Waals surface area contributed by atoms with Gasteiger partial charge < -0.3 is 0 Å². The number of rotatable bonds is 2. The van der Waals surface area contributed by atoms with Crippen molar-refractivity contribution in [2.75, 3.05) is 6.54 Å². The van der Waals surface area contributed by atoms with Gasteiger partial charge in [0.15, 0.2) is 0 Å². The molecule has 0 aliphatic carbocycles. The molecule has 1 rings (SSSR count). The van der Waals surface area contributed by atoms with Gasteiger partial charge in [0.2, 0.25) is 0 Å². The summed E-state index contributed by atoms with van der Waals surface area (Å²) in [5.74, 6) is 0. The van der Waals surface area contributed by atoms with Crippen LogP contribution >= 0.6 is 0 Å². The molecule has 72 valence electrons. The van der Waals surface area contributed by atoms with Gasteiger partial charge in [0.05, 0.1) is 0 Å². The molecule has 1 fully saturated rings. The van der Waals surface area contributed by atoms with E-state index in [1.54, 1.807) is 0 Å². The zero-order valence-corrected chi connectivity index (χ0v) is 8.65. The Balaban J connectivity index is 2.35. The maximum Gasteiger partial charge on any atom is 0.0425 e. The third kappa shape index (κ3) is 2.44. The maximum atomic E-state index is 3.45. The van der Waals surface area contributed by atoms with Crippen molar-refractivity contribution in [1.29, 1.82) is 0 Å². The van der Waals surface area contributed by atoms with Gasteiger partial charge in [-0.3, -0.25) is 0 Å². The molecule has 0 amide bonds. The molecule has 1 atom stereocenters. The van der Waals surface area contributed by atoms with E-state index in [1.807, 2.05) is 0 Å². The third-order valence-corrected chi connectivity index (χ3v) is 2.12. The lowest BCUT2D eigenvalue weighted by Crippen LogP contribution is -2.52. The van der Waals surface area contributed by atoms with E-state index in [2.05, 4.69) is 43.7 Å². The van der Waals surface area contributed by atoms with E-state index >= 15 is 0 Å². The molecular weight excluding hydrogens is 150 g/mol. The van der Waals surface area contributed by atoms with Crippen LogP contribution in [0.4, 0.5) is 0 Å². The quantitative estimate of drug-likeness (QED) is 0.655. The molecule has 1 aliphatic rings. The fourth-order valence-electron chi connectivity index (χ4n) is 1.42. The first-order valence-electron chi connectivity index (χ1n) is 4.84. The Morgan fingerprint density at radius 1 is 1.42 bits per heavy atom. The highest BCUT2D eigenvalue weighted by Crippen LogP contribution is 2.12. The predicted molar refractivity (Wildman–Crippen MR) is 51.4 cm³/mol. The first-order chi connectivity index (χ1) is 5.54. The van der Waals surface area contributed by atoms with Crippen molar-refractivity contribution >= 4 is 0 Å². The SMILES string of the molecule is CCCC1CNN(C(C)(C)C)N1. The topological polar surface area (TPSA) is 27.3 Å².